The van der Waals surface area contributed by atoms with Crippen LogP contribution in [0.3, 0.4) is 0 Å². The average Bonchev–Trinajstić information content (AvgIpc) is 2.37. The lowest BCUT2D eigenvalue weighted by Gasteiger charge is -2.07. The Kier molecular flexibility index (Phi) is 3.41. The van der Waals surface area contributed by atoms with E-state index in [1.807, 2.05) is 0 Å². The van der Waals surface area contributed by atoms with Gasteiger partial charge in [-0.1, -0.05) is 6.07 Å². The van der Waals surface area contributed by atoms with Crippen LogP contribution in [0.5, 0.6) is 0 Å². The maximum Gasteiger partial charge on any atom is 0.259 e. The molecule has 0 aliphatic rings. The van der Waals surface area contributed by atoms with Gasteiger partial charge in [-0.15, -0.1) is 0 Å². The summed E-state index contributed by atoms with van der Waals surface area (Å²) < 4.78 is 26.4. The number of aromatic nitrogens is 1. The van der Waals surface area contributed by atoms with Gasteiger partial charge in [0.25, 0.3) is 5.91 Å². The fourth-order valence-electron chi connectivity index (χ4n) is 1.50. The molecule has 0 fully saturated rings. The van der Waals surface area contributed by atoms with E-state index in [0.717, 1.165) is 11.6 Å². The molecule has 1 aromatic heterocycles. The molecule has 0 saturated heterocycles. The molecule has 0 saturated carbocycles. The van der Waals surface area contributed by atoms with Gasteiger partial charge >= 0.3 is 0 Å². The van der Waals surface area contributed by atoms with E-state index in [9.17, 15) is 13.6 Å². The second kappa shape index (κ2) is 5.01. The zero-order valence-corrected chi connectivity index (χ0v) is 10.1. The highest BCUT2D eigenvalue weighted by atomic mass is 19.2. The number of benzene rings is 1. The van der Waals surface area contributed by atoms with Crippen LogP contribution in [0.4, 0.5) is 20.3 Å². The molecule has 0 aliphatic carbocycles. The van der Waals surface area contributed by atoms with Gasteiger partial charge in [0.15, 0.2) is 11.6 Å². The van der Waals surface area contributed by atoms with Gasteiger partial charge in [0, 0.05) is 0 Å². The molecule has 1 heterocycles. The number of pyridine rings is 1. The minimum absolute atomic E-state index is 0.223. The summed E-state index contributed by atoms with van der Waals surface area (Å²) in [4.78, 5) is 15.7. The van der Waals surface area contributed by atoms with Crippen molar-refractivity contribution < 1.29 is 13.6 Å². The Morgan fingerprint density at radius 3 is 2.79 bits per heavy atom. The highest BCUT2D eigenvalue weighted by Crippen LogP contribution is 2.16. The van der Waals surface area contributed by atoms with E-state index in [4.69, 9.17) is 5.73 Å². The van der Waals surface area contributed by atoms with E-state index < -0.39 is 17.5 Å². The zero-order valence-electron chi connectivity index (χ0n) is 10.1. The van der Waals surface area contributed by atoms with Crippen LogP contribution in [-0.4, -0.2) is 10.9 Å². The molecule has 0 atom stereocenters. The molecule has 0 spiro atoms. The van der Waals surface area contributed by atoms with Crippen molar-refractivity contribution in [1.29, 1.82) is 0 Å². The first-order valence-electron chi connectivity index (χ1n) is 5.46. The van der Waals surface area contributed by atoms with Crippen LogP contribution >= 0.6 is 0 Å². The molecule has 0 radical (unpaired) electrons. The summed E-state index contributed by atoms with van der Waals surface area (Å²) in [6.45, 7) is 1.75. The number of aryl methyl sites for hydroxylation is 1. The van der Waals surface area contributed by atoms with Crippen LogP contribution in [0.1, 0.15) is 15.9 Å². The number of nitrogens with two attached hydrogens (primary N) is 1. The van der Waals surface area contributed by atoms with Gasteiger partial charge in [-0.05, 0) is 30.7 Å². The van der Waals surface area contributed by atoms with E-state index >= 15 is 0 Å². The number of nitrogens with one attached hydrogen (secondary N) is 1. The van der Waals surface area contributed by atoms with Crippen molar-refractivity contribution in [2.24, 2.45) is 0 Å². The molecule has 0 aliphatic heterocycles. The number of amides is 1. The van der Waals surface area contributed by atoms with Crippen LogP contribution in [0.25, 0.3) is 0 Å². The third kappa shape index (κ3) is 2.67. The van der Waals surface area contributed by atoms with Gasteiger partial charge < -0.3 is 11.1 Å². The molecule has 2 aromatic rings. The van der Waals surface area contributed by atoms with Crippen LogP contribution in [0.15, 0.2) is 30.5 Å². The van der Waals surface area contributed by atoms with Gasteiger partial charge in [0.1, 0.15) is 5.82 Å². The summed E-state index contributed by atoms with van der Waals surface area (Å²) >= 11 is 0. The lowest BCUT2D eigenvalue weighted by Crippen LogP contribution is -2.15. The number of rotatable bonds is 2. The molecule has 1 amide bonds. The second-order valence-corrected chi connectivity index (χ2v) is 3.98. The van der Waals surface area contributed by atoms with Gasteiger partial charge in [-0.25, -0.2) is 13.8 Å². The molecule has 4 nitrogen and oxygen atoms in total. The first-order valence-corrected chi connectivity index (χ1v) is 5.46. The maximum atomic E-state index is 13.4. The van der Waals surface area contributed by atoms with Crippen molar-refractivity contribution >= 4 is 17.4 Å². The molecule has 0 unspecified atom stereocenters. The van der Waals surface area contributed by atoms with Gasteiger partial charge in [-0.3, -0.25) is 4.79 Å². The van der Waals surface area contributed by atoms with Gasteiger partial charge in [0.2, 0.25) is 0 Å². The fourth-order valence-corrected chi connectivity index (χ4v) is 1.50. The Morgan fingerprint density at radius 2 is 2.11 bits per heavy atom. The number of anilines is 2. The van der Waals surface area contributed by atoms with E-state index in [-0.39, 0.29) is 11.4 Å². The SMILES string of the molecule is Cc1cc(NC(=O)c2cccc(F)c2F)ncc1N. The summed E-state index contributed by atoms with van der Waals surface area (Å²) in [5, 5.41) is 2.38. The number of carbonyl (C=O) groups excluding carboxylic acids is 1. The number of carbonyl (C=O) groups is 1. The molecule has 3 N–H and O–H groups in total. The number of hydrogen-bond donors (Lipinski definition) is 2. The minimum Gasteiger partial charge on any atom is -0.397 e. The zero-order chi connectivity index (χ0) is 14.0. The highest BCUT2D eigenvalue weighted by molar-refractivity contribution is 6.04. The van der Waals surface area contributed by atoms with Crippen molar-refractivity contribution in [3.63, 3.8) is 0 Å². The Labute approximate surface area is 108 Å². The molecule has 19 heavy (non-hydrogen) atoms. The van der Waals surface area contributed by atoms with Crippen LogP contribution < -0.4 is 11.1 Å². The first kappa shape index (κ1) is 12.9. The number of nitrogen functional groups attached to an aromatic ring is 1. The lowest BCUT2D eigenvalue weighted by molar-refractivity contribution is 0.102. The molecule has 6 heteroatoms. The molecule has 0 bridgehead atoms. The molecular weight excluding hydrogens is 252 g/mol. The topological polar surface area (TPSA) is 68.0 Å². The normalized spacial score (nSPS) is 10.3. The standard InChI is InChI=1S/C13H11F2N3O/c1-7-5-11(17-6-10(7)16)18-13(19)8-3-2-4-9(14)12(8)15/h2-6H,16H2,1H3,(H,17,18,19). The Morgan fingerprint density at radius 1 is 1.37 bits per heavy atom. The summed E-state index contributed by atoms with van der Waals surface area (Å²) in [6, 6.07) is 4.94. The Balaban J connectivity index is 2.26. The Hall–Kier alpha value is -2.50. The molecular formula is C13H11F2N3O. The highest BCUT2D eigenvalue weighted by Gasteiger charge is 2.15. The fraction of sp³-hybridized carbons (Fsp3) is 0.0769. The summed E-state index contributed by atoms with van der Waals surface area (Å²) in [7, 11) is 0. The third-order valence-electron chi connectivity index (χ3n) is 2.59. The van der Waals surface area contributed by atoms with Crippen molar-refractivity contribution in [3.8, 4) is 0 Å². The summed E-state index contributed by atoms with van der Waals surface area (Å²) in [5.74, 6) is -2.81. The number of hydrogen-bond acceptors (Lipinski definition) is 3. The monoisotopic (exact) mass is 263 g/mol. The number of nitrogens with zero attached hydrogens (tertiary/aromatic N) is 1. The quantitative estimate of drug-likeness (QED) is 0.874. The lowest BCUT2D eigenvalue weighted by atomic mass is 10.2. The molecule has 1 aromatic carbocycles. The predicted molar refractivity (Wildman–Crippen MR) is 67.7 cm³/mol. The van der Waals surface area contributed by atoms with Crippen molar-refractivity contribution in [2.45, 2.75) is 6.92 Å². The molecule has 2 rings (SSSR count). The van der Waals surface area contributed by atoms with Gasteiger partial charge in [-0.2, -0.15) is 0 Å². The average molecular weight is 263 g/mol. The third-order valence-corrected chi connectivity index (χ3v) is 2.59. The summed E-state index contributed by atoms with van der Waals surface area (Å²) in [6.07, 6.45) is 1.38. The molecule has 98 valence electrons. The predicted octanol–water partition coefficient (Wildman–Crippen LogP) is 2.50. The largest absolute Gasteiger partial charge is 0.397 e. The van der Waals surface area contributed by atoms with E-state index in [1.54, 1.807) is 13.0 Å². The van der Waals surface area contributed by atoms with Crippen LogP contribution in [0, 0.1) is 18.6 Å². The van der Waals surface area contributed by atoms with Crippen molar-refractivity contribution in [2.75, 3.05) is 11.1 Å². The summed E-state index contributed by atoms with van der Waals surface area (Å²) in [5.41, 5.74) is 6.42. The van der Waals surface area contributed by atoms with E-state index in [1.165, 1.54) is 18.3 Å². The second-order valence-electron chi connectivity index (χ2n) is 3.98. The van der Waals surface area contributed by atoms with Crippen LogP contribution in [0.2, 0.25) is 0 Å². The minimum atomic E-state index is -1.19. The smallest absolute Gasteiger partial charge is 0.259 e. The first-order chi connectivity index (χ1) is 8.99. The van der Waals surface area contributed by atoms with Crippen LogP contribution in [-0.2, 0) is 0 Å². The van der Waals surface area contributed by atoms with Crippen molar-refractivity contribution in [3.05, 3.63) is 53.2 Å². The Bertz CT molecular complexity index is 644. The number of halogens is 2. The van der Waals surface area contributed by atoms with E-state index in [2.05, 4.69) is 10.3 Å². The van der Waals surface area contributed by atoms with Crippen molar-refractivity contribution in [1.82, 2.24) is 4.98 Å². The van der Waals surface area contributed by atoms with Gasteiger partial charge in [0.05, 0.1) is 17.4 Å². The van der Waals surface area contributed by atoms with E-state index in [0.29, 0.717) is 5.69 Å². The maximum absolute atomic E-state index is 13.4.